The highest BCUT2D eigenvalue weighted by Gasteiger charge is 2.28. The number of anilines is 1. The maximum Gasteiger partial charge on any atom is 0.180 e. The zero-order valence-corrected chi connectivity index (χ0v) is 11.6. The van der Waals surface area contributed by atoms with Crippen LogP contribution in [0, 0.1) is 5.41 Å². The molecular formula is C13H16N4S. The van der Waals surface area contributed by atoms with Crippen LogP contribution in [0.1, 0.15) is 31.3 Å². The molecule has 0 aromatic carbocycles. The molecule has 0 unspecified atom stereocenters. The van der Waals surface area contributed by atoms with Gasteiger partial charge in [0.05, 0.1) is 22.8 Å². The number of hydrogen-bond donors (Lipinski definition) is 1. The minimum Gasteiger partial charge on any atom is -0.375 e. The molecule has 1 aliphatic carbocycles. The molecule has 0 bridgehead atoms. The molecule has 94 valence electrons. The lowest BCUT2D eigenvalue weighted by molar-refractivity contribution is 0.582. The molecule has 0 radical (unpaired) electrons. The Kier molecular flexibility index (Phi) is 2.41. The predicted molar refractivity (Wildman–Crippen MR) is 76.6 cm³/mol. The fourth-order valence-corrected chi connectivity index (χ4v) is 3.01. The van der Waals surface area contributed by atoms with Crippen LogP contribution in [0.25, 0.3) is 0 Å². The first-order chi connectivity index (χ1) is 8.45. The van der Waals surface area contributed by atoms with Gasteiger partial charge in [-0.25, -0.2) is 9.98 Å². The Balaban J connectivity index is 2.10. The summed E-state index contributed by atoms with van der Waals surface area (Å²) in [5.74, 6) is 0.912. The van der Waals surface area contributed by atoms with E-state index in [-0.39, 0.29) is 5.41 Å². The van der Waals surface area contributed by atoms with E-state index in [2.05, 4.69) is 36.8 Å². The van der Waals surface area contributed by atoms with Gasteiger partial charge < -0.3 is 5.73 Å². The fraction of sp³-hybridized carbons (Fsp3) is 0.462. The van der Waals surface area contributed by atoms with Crippen molar-refractivity contribution in [2.24, 2.45) is 15.4 Å². The van der Waals surface area contributed by atoms with E-state index < -0.39 is 0 Å². The quantitative estimate of drug-likeness (QED) is 0.778. The van der Waals surface area contributed by atoms with Crippen molar-refractivity contribution in [3.63, 3.8) is 0 Å². The van der Waals surface area contributed by atoms with Crippen LogP contribution in [0.3, 0.4) is 0 Å². The van der Waals surface area contributed by atoms with Crippen LogP contribution in [-0.2, 0) is 6.42 Å². The summed E-state index contributed by atoms with van der Waals surface area (Å²) in [6, 6.07) is 0. The average Bonchev–Trinajstić information content (AvgIpc) is 2.68. The van der Waals surface area contributed by atoms with Crippen LogP contribution in [0.2, 0.25) is 0 Å². The Morgan fingerprint density at radius 2 is 2.11 bits per heavy atom. The van der Waals surface area contributed by atoms with Crippen molar-refractivity contribution < 1.29 is 0 Å². The van der Waals surface area contributed by atoms with Gasteiger partial charge in [-0.3, -0.25) is 4.99 Å². The number of fused-ring (bicyclic) bond motifs is 3. The molecule has 0 spiro atoms. The molecule has 1 aliphatic heterocycles. The van der Waals surface area contributed by atoms with Gasteiger partial charge in [-0.15, -0.1) is 0 Å². The van der Waals surface area contributed by atoms with Crippen LogP contribution in [0.15, 0.2) is 21.6 Å². The summed E-state index contributed by atoms with van der Waals surface area (Å²) in [5.41, 5.74) is 9.07. The summed E-state index contributed by atoms with van der Waals surface area (Å²) in [5, 5.41) is 0.622. The molecule has 18 heavy (non-hydrogen) atoms. The van der Waals surface area contributed by atoms with E-state index in [4.69, 9.17) is 10.7 Å². The van der Waals surface area contributed by atoms with Gasteiger partial charge >= 0.3 is 0 Å². The zero-order chi connectivity index (χ0) is 12.9. The lowest BCUT2D eigenvalue weighted by atomic mass is 9.92. The number of aromatic nitrogens is 1. The van der Waals surface area contributed by atoms with E-state index in [1.54, 1.807) is 0 Å². The number of aliphatic imine (C=N–C) groups is 2. The van der Waals surface area contributed by atoms with Crippen molar-refractivity contribution in [2.45, 2.75) is 27.2 Å². The Labute approximate surface area is 110 Å². The highest BCUT2D eigenvalue weighted by atomic mass is 32.1. The maximum absolute atomic E-state index is 5.80. The molecule has 3 rings (SSSR count). The Morgan fingerprint density at radius 1 is 1.33 bits per heavy atom. The maximum atomic E-state index is 5.80. The zero-order valence-electron chi connectivity index (χ0n) is 10.8. The third-order valence-electron chi connectivity index (χ3n) is 3.06. The second kappa shape index (κ2) is 3.75. The largest absolute Gasteiger partial charge is 0.375 e. The second-order valence-corrected chi connectivity index (χ2v) is 6.64. The first-order valence-electron chi connectivity index (χ1n) is 6.04. The van der Waals surface area contributed by atoms with E-state index in [0.29, 0.717) is 5.13 Å². The number of rotatable bonds is 0. The SMILES string of the molecule is CC(C)(C)C1=NCC2=CCc3nc(N)sc3C2=N1. The first kappa shape index (κ1) is 11.6. The monoisotopic (exact) mass is 260 g/mol. The summed E-state index contributed by atoms with van der Waals surface area (Å²) in [7, 11) is 0. The van der Waals surface area contributed by atoms with Gasteiger partial charge in [-0.1, -0.05) is 38.2 Å². The number of nitrogens with two attached hydrogens (primary N) is 1. The predicted octanol–water partition coefficient (Wildman–Crippen LogP) is 2.46. The van der Waals surface area contributed by atoms with E-state index in [1.807, 2.05) is 0 Å². The van der Waals surface area contributed by atoms with Gasteiger partial charge in [0.15, 0.2) is 5.13 Å². The normalized spacial score (nSPS) is 18.5. The van der Waals surface area contributed by atoms with E-state index in [9.17, 15) is 0 Å². The molecule has 2 N–H and O–H groups in total. The minimum absolute atomic E-state index is 0.0215. The van der Waals surface area contributed by atoms with Gasteiger partial charge in [-0.2, -0.15) is 0 Å². The van der Waals surface area contributed by atoms with E-state index in [0.717, 1.165) is 35.1 Å². The van der Waals surface area contributed by atoms with Crippen molar-refractivity contribution in [3.8, 4) is 0 Å². The molecule has 1 aromatic heterocycles. The van der Waals surface area contributed by atoms with Crippen molar-refractivity contribution in [3.05, 3.63) is 22.2 Å². The highest BCUT2D eigenvalue weighted by Crippen LogP contribution is 2.32. The number of nitrogens with zero attached hydrogens (tertiary/aromatic N) is 3. The van der Waals surface area contributed by atoms with Gasteiger partial charge in [0.1, 0.15) is 5.84 Å². The molecule has 0 saturated heterocycles. The van der Waals surface area contributed by atoms with Gasteiger partial charge in [0, 0.05) is 11.8 Å². The summed E-state index contributed by atoms with van der Waals surface area (Å²) in [6.45, 7) is 7.13. The standard InChI is InChI=1S/C13H16N4S/c1-13(2,3)11-15-6-7-4-5-8-10(9(7)17-11)18-12(14)16-8/h4H,5-6H2,1-3H3,(H2,14,16). The number of allylic oxidation sites excluding steroid dienone is 1. The summed E-state index contributed by atoms with van der Waals surface area (Å²) in [6.07, 6.45) is 3.01. The number of nitrogen functional groups attached to an aromatic ring is 1. The first-order valence-corrected chi connectivity index (χ1v) is 6.85. The summed E-state index contributed by atoms with van der Waals surface area (Å²) < 4.78 is 0. The second-order valence-electron chi connectivity index (χ2n) is 5.61. The topological polar surface area (TPSA) is 63.6 Å². The van der Waals surface area contributed by atoms with Crippen LogP contribution < -0.4 is 5.73 Å². The molecule has 0 fully saturated rings. The number of thiazole rings is 1. The van der Waals surface area contributed by atoms with E-state index >= 15 is 0 Å². The smallest absolute Gasteiger partial charge is 0.180 e. The molecule has 4 nitrogen and oxygen atoms in total. The van der Waals surface area contributed by atoms with Crippen LogP contribution in [-0.4, -0.2) is 23.1 Å². The van der Waals surface area contributed by atoms with Crippen LogP contribution in [0.5, 0.6) is 0 Å². The van der Waals surface area contributed by atoms with Crippen molar-refractivity contribution in [2.75, 3.05) is 12.3 Å². The van der Waals surface area contributed by atoms with Gasteiger partial charge in [0.2, 0.25) is 0 Å². The number of amidine groups is 1. The van der Waals surface area contributed by atoms with Crippen LogP contribution in [0.4, 0.5) is 5.13 Å². The minimum atomic E-state index is -0.0215. The molecule has 0 atom stereocenters. The molecule has 0 saturated carbocycles. The van der Waals surface area contributed by atoms with Gasteiger partial charge in [0.25, 0.3) is 0 Å². The third-order valence-corrected chi connectivity index (χ3v) is 4.00. The average molecular weight is 260 g/mol. The lowest BCUT2D eigenvalue weighted by Gasteiger charge is -2.24. The summed E-state index contributed by atoms with van der Waals surface area (Å²) >= 11 is 1.53. The highest BCUT2D eigenvalue weighted by molar-refractivity contribution is 7.17. The molecular weight excluding hydrogens is 244 g/mol. The van der Waals surface area contributed by atoms with Crippen molar-refractivity contribution in [1.29, 1.82) is 0 Å². The Hall–Kier alpha value is -1.49. The molecule has 2 aliphatic rings. The third kappa shape index (κ3) is 1.79. The van der Waals surface area contributed by atoms with E-state index in [1.165, 1.54) is 16.9 Å². The summed E-state index contributed by atoms with van der Waals surface area (Å²) in [4.78, 5) is 14.8. The van der Waals surface area contributed by atoms with Crippen molar-refractivity contribution in [1.82, 2.24) is 4.98 Å². The molecule has 2 heterocycles. The van der Waals surface area contributed by atoms with Gasteiger partial charge in [-0.05, 0) is 5.57 Å². The molecule has 5 heteroatoms. The lowest BCUT2D eigenvalue weighted by Crippen LogP contribution is -2.27. The number of hydrogen-bond acceptors (Lipinski definition) is 5. The Morgan fingerprint density at radius 3 is 2.83 bits per heavy atom. The fourth-order valence-electron chi connectivity index (χ4n) is 2.12. The molecule has 1 aromatic rings. The van der Waals surface area contributed by atoms with Crippen LogP contribution >= 0.6 is 11.3 Å². The molecule has 0 amide bonds. The Bertz CT molecular complexity index is 599. The van der Waals surface area contributed by atoms with Crippen molar-refractivity contribution >= 4 is 28.0 Å².